The SMILES string of the molecule is COC(=O)c1cccc(C(=O)NC(=S)NNC(=O)c2ccccc2I)c1. The molecule has 0 fully saturated rings. The number of ether oxygens (including phenoxy) is 1. The first kappa shape index (κ1) is 19.8. The molecule has 3 N–H and O–H groups in total. The molecule has 134 valence electrons. The van der Waals surface area contributed by atoms with Gasteiger partial charge in [-0.15, -0.1) is 0 Å². The zero-order chi connectivity index (χ0) is 19.1. The van der Waals surface area contributed by atoms with E-state index in [9.17, 15) is 14.4 Å². The zero-order valence-corrected chi connectivity index (χ0v) is 16.5. The molecule has 0 unspecified atom stereocenters. The minimum absolute atomic E-state index is 0.0854. The summed E-state index contributed by atoms with van der Waals surface area (Å²) in [6, 6.07) is 13.0. The van der Waals surface area contributed by atoms with Gasteiger partial charge in [-0.2, -0.15) is 0 Å². The maximum atomic E-state index is 12.2. The Hall–Kier alpha value is -2.53. The molecule has 0 heterocycles. The lowest BCUT2D eigenvalue weighted by molar-refractivity contribution is 0.0600. The van der Waals surface area contributed by atoms with Crippen LogP contribution < -0.4 is 16.2 Å². The highest BCUT2D eigenvalue weighted by Gasteiger charge is 2.13. The zero-order valence-electron chi connectivity index (χ0n) is 13.5. The summed E-state index contributed by atoms with van der Waals surface area (Å²) in [5.74, 6) is -1.47. The fraction of sp³-hybridized carbons (Fsp3) is 0.0588. The average Bonchev–Trinajstić information content (AvgIpc) is 2.65. The van der Waals surface area contributed by atoms with Crippen molar-refractivity contribution in [2.75, 3.05) is 7.11 Å². The molecule has 2 aromatic rings. The summed E-state index contributed by atoms with van der Waals surface area (Å²) in [7, 11) is 1.25. The Labute approximate surface area is 168 Å². The third-order valence-corrected chi connectivity index (χ3v) is 4.33. The highest BCUT2D eigenvalue weighted by Crippen LogP contribution is 2.10. The average molecular weight is 483 g/mol. The van der Waals surface area contributed by atoms with Gasteiger partial charge >= 0.3 is 5.97 Å². The topological polar surface area (TPSA) is 96.5 Å². The van der Waals surface area contributed by atoms with Gasteiger partial charge in [0, 0.05) is 9.13 Å². The van der Waals surface area contributed by atoms with Crippen LogP contribution in [0.1, 0.15) is 31.1 Å². The summed E-state index contributed by atoms with van der Waals surface area (Å²) in [6.45, 7) is 0. The summed E-state index contributed by atoms with van der Waals surface area (Å²) in [6.07, 6.45) is 0. The van der Waals surface area contributed by atoms with E-state index in [0.29, 0.717) is 5.56 Å². The van der Waals surface area contributed by atoms with Crippen LogP contribution in [0.4, 0.5) is 0 Å². The standard InChI is InChI=1S/C17H14IN3O4S/c1-25-16(24)11-6-4-5-10(9-11)14(22)19-17(26)21-20-15(23)12-7-2-3-8-13(12)18/h2-9H,1H3,(H,20,23)(H2,19,21,22,26). The second kappa shape index (κ2) is 9.25. The lowest BCUT2D eigenvalue weighted by Gasteiger charge is -2.11. The van der Waals surface area contributed by atoms with Gasteiger partial charge in [-0.05, 0) is 65.1 Å². The Balaban J connectivity index is 1.93. The van der Waals surface area contributed by atoms with Gasteiger partial charge in [0.05, 0.1) is 18.2 Å². The van der Waals surface area contributed by atoms with Gasteiger partial charge in [0.1, 0.15) is 0 Å². The second-order valence-electron chi connectivity index (χ2n) is 4.91. The number of halogens is 1. The quantitative estimate of drug-likeness (QED) is 0.268. The van der Waals surface area contributed by atoms with Crippen molar-refractivity contribution in [3.05, 3.63) is 68.8 Å². The number of esters is 1. The number of hydrazine groups is 1. The highest BCUT2D eigenvalue weighted by molar-refractivity contribution is 14.1. The van der Waals surface area contributed by atoms with Crippen molar-refractivity contribution in [3.63, 3.8) is 0 Å². The molecule has 0 aromatic heterocycles. The maximum Gasteiger partial charge on any atom is 0.337 e. The van der Waals surface area contributed by atoms with Crippen molar-refractivity contribution in [3.8, 4) is 0 Å². The number of carbonyl (C=O) groups is 3. The number of carbonyl (C=O) groups excluding carboxylic acids is 3. The van der Waals surface area contributed by atoms with Crippen molar-refractivity contribution in [1.82, 2.24) is 16.2 Å². The first-order valence-electron chi connectivity index (χ1n) is 7.27. The van der Waals surface area contributed by atoms with Gasteiger partial charge in [0.15, 0.2) is 5.11 Å². The van der Waals surface area contributed by atoms with Gasteiger partial charge in [-0.1, -0.05) is 18.2 Å². The number of hydrogen-bond acceptors (Lipinski definition) is 5. The van der Waals surface area contributed by atoms with Gasteiger partial charge < -0.3 is 4.74 Å². The third kappa shape index (κ3) is 5.23. The second-order valence-corrected chi connectivity index (χ2v) is 6.49. The normalized spacial score (nSPS) is 9.77. The monoisotopic (exact) mass is 483 g/mol. The predicted octanol–water partition coefficient (Wildman–Crippen LogP) is 2.03. The van der Waals surface area contributed by atoms with E-state index in [0.717, 1.165) is 3.57 Å². The minimum Gasteiger partial charge on any atom is -0.465 e. The van der Waals surface area contributed by atoms with Gasteiger partial charge in [0.25, 0.3) is 11.8 Å². The van der Waals surface area contributed by atoms with Crippen molar-refractivity contribution < 1.29 is 19.1 Å². The number of benzene rings is 2. The summed E-state index contributed by atoms with van der Waals surface area (Å²) < 4.78 is 5.39. The van der Waals surface area contributed by atoms with E-state index < -0.39 is 11.9 Å². The molecule has 0 atom stereocenters. The van der Waals surface area contributed by atoms with E-state index in [2.05, 4.69) is 20.9 Å². The van der Waals surface area contributed by atoms with Crippen LogP contribution in [-0.4, -0.2) is 30.0 Å². The summed E-state index contributed by atoms with van der Waals surface area (Å²) in [4.78, 5) is 35.8. The summed E-state index contributed by atoms with van der Waals surface area (Å²) in [5.41, 5.74) is 5.81. The largest absolute Gasteiger partial charge is 0.465 e. The first-order valence-corrected chi connectivity index (χ1v) is 8.75. The van der Waals surface area contributed by atoms with E-state index >= 15 is 0 Å². The van der Waals surface area contributed by atoms with Crippen molar-refractivity contribution >= 4 is 57.7 Å². The number of methoxy groups -OCH3 is 1. The number of rotatable bonds is 3. The molecule has 7 nitrogen and oxygen atoms in total. The number of thiocarbonyl (C=S) groups is 1. The number of amides is 2. The van der Waals surface area contributed by atoms with E-state index in [4.69, 9.17) is 12.2 Å². The molecule has 0 aliphatic rings. The maximum absolute atomic E-state index is 12.2. The molecule has 2 aromatic carbocycles. The van der Waals surface area contributed by atoms with E-state index in [-0.39, 0.29) is 22.1 Å². The van der Waals surface area contributed by atoms with Crippen LogP contribution in [-0.2, 0) is 4.74 Å². The van der Waals surface area contributed by atoms with Crippen LogP contribution in [0.5, 0.6) is 0 Å². The Morgan fingerprint density at radius 1 is 0.962 bits per heavy atom. The fourth-order valence-electron chi connectivity index (χ4n) is 1.94. The van der Waals surface area contributed by atoms with Crippen LogP contribution in [0.2, 0.25) is 0 Å². The van der Waals surface area contributed by atoms with Crippen LogP contribution in [0.3, 0.4) is 0 Å². The predicted molar refractivity (Wildman–Crippen MR) is 108 cm³/mol. The Kier molecular flexibility index (Phi) is 7.04. The molecule has 0 spiro atoms. The smallest absolute Gasteiger partial charge is 0.337 e. The lowest BCUT2D eigenvalue weighted by atomic mass is 10.1. The molecular weight excluding hydrogens is 469 g/mol. The number of hydrogen-bond donors (Lipinski definition) is 3. The van der Waals surface area contributed by atoms with Crippen LogP contribution in [0.15, 0.2) is 48.5 Å². The van der Waals surface area contributed by atoms with Crippen LogP contribution in [0, 0.1) is 3.57 Å². The molecule has 0 aliphatic heterocycles. The molecule has 0 saturated carbocycles. The summed E-state index contributed by atoms with van der Waals surface area (Å²) in [5, 5.41) is 2.33. The first-order chi connectivity index (χ1) is 12.4. The minimum atomic E-state index is -0.551. The molecule has 2 rings (SSSR count). The van der Waals surface area contributed by atoms with Gasteiger partial charge in [-0.3, -0.25) is 25.8 Å². The third-order valence-electron chi connectivity index (χ3n) is 3.18. The van der Waals surface area contributed by atoms with Gasteiger partial charge in [-0.25, -0.2) is 4.79 Å². The molecule has 9 heteroatoms. The molecule has 0 aliphatic carbocycles. The molecule has 26 heavy (non-hydrogen) atoms. The van der Waals surface area contributed by atoms with E-state index in [1.165, 1.54) is 25.3 Å². The van der Waals surface area contributed by atoms with Crippen molar-refractivity contribution in [2.24, 2.45) is 0 Å². The van der Waals surface area contributed by atoms with Gasteiger partial charge in [0.2, 0.25) is 0 Å². The lowest BCUT2D eigenvalue weighted by Crippen LogP contribution is -2.48. The Morgan fingerprint density at radius 2 is 1.65 bits per heavy atom. The van der Waals surface area contributed by atoms with E-state index in [1.54, 1.807) is 24.3 Å². The Morgan fingerprint density at radius 3 is 2.35 bits per heavy atom. The molecule has 0 bridgehead atoms. The van der Waals surface area contributed by atoms with Crippen molar-refractivity contribution in [2.45, 2.75) is 0 Å². The van der Waals surface area contributed by atoms with E-state index in [1.807, 2.05) is 28.7 Å². The molecular formula is C17H14IN3O4S. The van der Waals surface area contributed by atoms with Crippen molar-refractivity contribution in [1.29, 1.82) is 0 Å². The van der Waals surface area contributed by atoms with Crippen LogP contribution >= 0.6 is 34.8 Å². The highest BCUT2D eigenvalue weighted by atomic mass is 127. The number of nitrogens with one attached hydrogen (secondary N) is 3. The summed E-state index contributed by atoms with van der Waals surface area (Å²) >= 11 is 7.03. The molecule has 0 saturated heterocycles. The molecule has 2 amide bonds. The Bertz CT molecular complexity index is 873. The molecule has 0 radical (unpaired) electrons. The van der Waals surface area contributed by atoms with Crippen LogP contribution in [0.25, 0.3) is 0 Å². The fourth-order valence-corrected chi connectivity index (χ4v) is 2.71.